The summed E-state index contributed by atoms with van der Waals surface area (Å²) >= 11 is 1.48. The van der Waals surface area contributed by atoms with E-state index >= 15 is 0 Å². The Morgan fingerprint density at radius 3 is 2.60 bits per heavy atom. The van der Waals surface area contributed by atoms with Crippen molar-refractivity contribution in [1.82, 2.24) is 9.80 Å². The molecule has 2 rings (SSSR count). The zero-order valence-corrected chi connectivity index (χ0v) is 12.3. The lowest BCUT2D eigenvalue weighted by molar-refractivity contribution is -0.135. The highest BCUT2D eigenvalue weighted by atomic mass is 32.2. The van der Waals surface area contributed by atoms with E-state index in [1.807, 2.05) is 53.9 Å². The number of amides is 2. The summed E-state index contributed by atoms with van der Waals surface area (Å²) in [6.45, 7) is 2.03. The van der Waals surface area contributed by atoms with Crippen LogP contribution in [0.3, 0.4) is 0 Å². The molecule has 0 aromatic heterocycles. The summed E-state index contributed by atoms with van der Waals surface area (Å²) in [5, 5.41) is 2.77. The second-order valence-corrected chi connectivity index (χ2v) is 5.36. The molecule has 0 fully saturated rings. The van der Waals surface area contributed by atoms with Crippen molar-refractivity contribution < 1.29 is 9.59 Å². The molecule has 1 aliphatic heterocycles. The fraction of sp³-hybridized carbons (Fsp3) is 0.200. The number of hydrogen-bond acceptors (Lipinski definition) is 4. The summed E-state index contributed by atoms with van der Waals surface area (Å²) in [6.07, 6.45) is 2.48. The SMILES string of the molecule is C/C(C(=O)N(C=O)Cc1ccccc1)=C1\SC=CN1C. The van der Waals surface area contributed by atoms with Crippen LogP contribution < -0.4 is 0 Å². The van der Waals surface area contributed by atoms with Crippen molar-refractivity contribution in [3.05, 3.63) is 58.1 Å². The summed E-state index contributed by atoms with van der Waals surface area (Å²) < 4.78 is 0. The molecule has 1 heterocycles. The van der Waals surface area contributed by atoms with E-state index in [0.29, 0.717) is 12.0 Å². The van der Waals surface area contributed by atoms with Gasteiger partial charge in [-0.15, -0.1) is 0 Å². The van der Waals surface area contributed by atoms with Gasteiger partial charge in [-0.05, 0) is 17.9 Å². The summed E-state index contributed by atoms with van der Waals surface area (Å²) in [6, 6.07) is 9.46. The third kappa shape index (κ3) is 3.11. The Morgan fingerprint density at radius 2 is 2.05 bits per heavy atom. The number of thioether (sulfide) groups is 1. The third-order valence-corrected chi connectivity index (χ3v) is 4.09. The first-order chi connectivity index (χ1) is 9.63. The van der Waals surface area contributed by atoms with Crippen LogP contribution in [-0.4, -0.2) is 29.2 Å². The van der Waals surface area contributed by atoms with E-state index in [2.05, 4.69) is 0 Å². The molecule has 0 saturated carbocycles. The maximum atomic E-state index is 12.4. The van der Waals surface area contributed by atoms with E-state index in [1.165, 1.54) is 16.7 Å². The molecule has 0 saturated heterocycles. The Balaban J connectivity index is 2.16. The highest BCUT2D eigenvalue weighted by Gasteiger charge is 2.21. The molecule has 0 spiro atoms. The minimum absolute atomic E-state index is 0.262. The topological polar surface area (TPSA) is 40.6 Å². The molecular weight excluding hydrogens is 272 g/mol. The first-order valence-electron chi connectivity index (χ1n) is 6.20. The van der Waals surface area contributed by atoms with Gasteiger partial charge in [0.05, 0.1) is 11.6 Å². The molecule has 104 valence electrons. The highest BCUT2D eigenvalue weighted by Crippen LogP contribution is 2.30. The van der Waals surface area contributed by atoms with Gasteiger partial charge in [0.25, 0.3) is 5.91 Å². The quantitative estimate of drug-likeness (QED) is 0.630. The van der Waals surface area contributed by atoms with Crippen molar-refractivity contribution in [3.8, 4) is 0 Å². The Kier molecular flexibility index (Phi) is 4.63. The van der Waals surface area contributed by atoms with Crippen LogP contribution in [0.5, 0.6) is 0 Å². The van der Waals surface area contributed by atoms with E-state index in [1.54, 1.807) is 6.92 Å². The minimum atomic E-state index is -0.262. The van der Waals surface area contributed by atoms with E-state index in [4.69, 9.17) is 0 Å². The van der Waals surface area contributed by atoms with Gasteiger partial charge in [0.2, 0.25) is 6.41 Å². The first kappa shape index (κ1) is 14.4. The predicted molar refractivity (Wildman–Crippen MR) is 80.3 cm³/mol. The van der Waals surface area contributed by atoms with Crippen molar-refractivity contribution in [2.24, 2.45) is 0 Å². The zero-order chi connectivity index (χ0) is 14.5. The molecule has 0 unspecified atom stereocenters. The molecule has 0 atom stereocenters. The lowest BCUT2D eigenvalue weighted by Gasteiger charge is -2.19. The summed E-state index contributed by atoms with van der Waals surface area (Å²) in [5.41, 5.74) is 1.50. The van der Waals surface area contributed by atoms with Crippen molar-refractivity contribution >= 4 is 24.1 Å². The van der Waals surface area contributed by atoms with Gasteiger partial charge in [0.1, 0.15) is 0 Å². The number of nitrogens with zero attached hydrogens (tertiary/aromatic N) is 2. The Hall–Kier alpha value is -2.01. The van der Waals surface area contributed by atoms with E-state index in [9.17, 15) is 9.59 Å². The van der Waals surface area contributed by atoms with Gasteiger partial charge in [-0.2, -0.15) is 0 Å². The molecule has 4 nitrogen and oxygen atoms in total. The third-order valence-electron chi connectivity index (χ3n) is 3.01. The van der Waals surface area contributed by atoms with E-state index in [0.717, 1.165) is 10.6 Å². The summed E-state index contributed by atoms with van der Waals surface area (Å²) in [4.78, 5) is 26.7. The average molecular weight is 288 g/mol. The molecule has 0 aliphatic carbocycles. The fourth-order valence-electron chi connectivity index (χ4n) is 1.93. The van der Waals surface area contributed by atoms with Crippen LogP contribution in [0.25, 0.3) is 0 Å². The number of benzene rings is 1. The Morgan fingerprint density at radius 1 is 1.35 bits per heavy atom. The lowest BCUT2D eigenvalue weighted by atomic mass is 10.2. The molecule has 2 amide bonds. The van der Waals surface area contributed by atoms with Crippen LogP contribution >= 0.6 is 11.8 Å². The monoisotopic (exact) mass is 288 g/mol. The Bertz CT molecular complexity index is 566. The summed E-state index contributed by atoms with van der Waals surface area (Å²) in [5.74, 6) is -0.262. The van der Waals surface area contributed by atoms with Crippen LogP contribution in [-0.2, 0) is 16.1 Å². The number of carbonyl (C=O) groups excluding carboxylic acids is 2. The van der Waals surface area contributed by atoms with E-state index < -0.39 is 0 Å². The van der Waals surface area contributed by atoms with Gasteiger partial charge in [-0.3, -0.25) is 14.5 Å². The molecule has 1 aromatic rings. The molecule has 0 N–H and O–H groups in total. The molecule has 1 aromatic carbocycles. The molecule has 0 bridgehead atoms. The van der Waals surface area contributed by atoms with E-state index in [-0.39, 0.29) is 12.5 Å². The van der Waals surface area contributed by atoms with Crippen molar-refractivity contribution in [1.29, 1.82) is 0 Å². The highest BCUT2D eigenvalue weighted by molar-refractivity contribution is 8.06. The largest absolute Gasteiger partial charge is 0.345 e. The molecule has 0 radical (unpaired) electrons. The van der Waals surface area contributed by atoms with Crippen LogP contribution in [0.1, 0.15) is 12.5 Å². The Labute approximate surface area is 122 Å². The number of hydrogen-bond donors (Lipinski definition) is 0. The smallest absolute Gasteiger partial charge is 0.258 e. The average Bonchev–Trinajstić information content (AvgIpc) is 2.90. The van der Waals surface area contributed by atoms with Gasteiger partial charge >= 0.3 is 0 Å². The predicted octanol–water partition coefficient (Wildman–Crippen LogP) is 2.55. The standard InChI is InChI=1S/C15H16N2O2S/c1-12(15-16(2)8-9-20-15)14(19)17(11-18)10-13-6-4-3-5-7-13/h3-9,11H,10H2,1-2H3/b15-12+. The minimum Gasteiger partial charge on any atom is -0.345 e. The number of imide groups is 1. The number of rotatable bonds is 4. The van der Waals surface area contributed by atoms with Crippen LogP contribution in [0, 0.1) is 0 Å². The van der Waals surface area contributed by atoms with Crippen molar-refractivity contribution in [2.75, 3.05) is 7.05 Å². The lowest BCUT2D eigenvalue weighted by Crippen LogP contribution is -2.30. The second kappa shape index (κ2) is 6.43. The van der Waals surface area contributed by atoms with Gasteiger partial charge in [-0.25, -0.2) is 0 Å². The second-order valence-electron chi connectivity index (χ2n) is 4.47. The zero-order valence-electron chi connectivity index (χ0n) is 11.4. The molecule has 20 heavy (non-hydrogen) atoms. The van der Waals surface area contributed by atoms with Gasteiger partial charge in [0, 0.05) is 18.8 Å². The van der Waals surface area contributed by atoms with Crippen LogP contribution in [0.2, 0.25) is 0 Å². The maximum Gasteiger partial charge on any atom is 0.258 e. The normalized spacial score (nSPS) is 16.2. The number of carbonyl (C=O) groups is 2. The first-order valence-corrected chi connectivity index (χ1v) is 7.08. The fourth-order valence-corrected chi connectivity index (χ4v) is 2.80. The van der Waals surface area contributed by atoms with Gasteiger partial charge in [-0.1, -0.05) is 42.1 Å². The van der Waals surface area contributed by atoms with Crippen molar-refractivity contribution in [3.63, 3.8) is 0 Å². The molecule has 1 aliphatic rings. The van der Waals surface area contributed by atoms with Gasteiger partial charge in [0.15, 0.2) is 0 Å². The molecule has 5 heteroatoms. The van der Waals surface area contributed by atoms with Crippen LogP contribution in [0.15, 0.2) is 52.5 Å². The molecular formula is C15H16N2O2S. The van der Waals surface area contributed by atoms with Crippen LogP contribution in [0.4, 0.5) is 0 Å². The summed E-state index contributed by atoms with van der Waals surface area (Å²) in [7, 11) is 1.88. The van der Waals surface area contributed by atoms with Crippen molar-refractivity contribution in [2.45, 2.75) is 13.5 Å². The van der Waals surface area contributed by atoms with Gasteiger partial charge < -0.3 is 4.90 Å². The maximum absolute atomic E-state index is 12.4.